The minimum Gasteiger partial charge on any atom is -0.306 e. The fraction of sp³-hybridized carbons (Fsp3) is 0.400. The van der Waals surface area contributed by atoms with Gasteiger partial charge in [-0.15, -0.1) is 0 Å². The normalized spacial score (nSPS) is 19.2. The molecule has 0 N–H and O–H groups in total. The van der Waals surface area contributed by atoms with Crippen LogP contribution in [0.25, 0.3) is 0 Å². The monoisotopic (exact) mass is 356 g/mol. The van der Waals surface area contributed by atoms with Crippen LogP contribution in [0.3, 0.4) is 0 Å². The molecule has 132 valence electrons. The first kappa shape index (κ1) is 16.6. The van der Waals surface area contributed by atoms with Crippen molar-refractivity contribution < 1.29 is 8.42 Å². The van der Waals surface area contributed by atoms with E-state index < -0.39 is 10.0 Å². The van der Waals surface area contributed by atoms with Gasteiger partial charge in [0.15, 0.2) is 0 Å². The molecule has 2 aliphatic rings. The molecule has 2 aromatic carbocycles. The number of anilines is 1. The lowest BCUT2D eigenvalue weighted by atomic mass is 9.86. The first-order valence-electron chi connectivity index (χ1n) is 8.95. The average Bonchev–Trinajstić information content (AvgIpc) is 3.08. The summed E-state index contributed by atoms with van der Waals surface area (Å²) in [5, 5.41) is 0. The van der Waals surface area contributed by atoms with Gasteiger partial charge in [-0.05, 0) is 74.6 Å². The molecule has 25 heavy (non-hydrogen) atoms. The maximum absolute atomic E-state index is 13.0. The van der Waals surface area contributed by atoms with Crippen molar-refractivity contribution in [3.05, 3.63) is 59.7 Å². The lowest BCUT2D eigenvalue weighted by Gasteiger charge is -2.30. The fourth-order valence-electron chi connectivity index (χ4n) is 4.10. The Bertz CT molecular complexity index is 857. The number of sulfonamides is 1. The minimum atomic E-state index is -3.48. The average molecular weight is 356 g/mol. The molecule has 0 unspecified atom stereocenters. The van der Waals surface area contributed by atoms with Crippen molar-refractivity contribution in [2.75, 3.05) is 31.0 Å². The van der Waals surface area contributed by atoms with Crippen LogP contribution in [-0.4, -0.2) is 40.0 Å². The quantitative estimate of drug-likeness (QED) is 0.848. The molecule has 2 heterocycles. The Hall–Kier alpha value is -1.85. The predicted octanol–water partition coefficient (Wildman–Crippen LogP) is 3.25. The molecule has 0 saturated carbocycles. The Labute approximate surface area is 150 Å². The van der Waals surface area contributed by atoms with E-state index in [0.29, 0.717) is 17.4 Å². The van der Waals surface area contributed by atoms with E-state index >= 15 is 0 Å². The minimum absolute atomic E-state index is 0.368. The van der Waals surface area contributed by atoms with E-state index in [1.54, 1.807) is 28.6 Å². The molecule has 2 aromatic rings. The van der Waals surface area contributed by atoms with Gasteiger partial charge in [0, 0.05) is 6.54 Å². The number of hydrogen-bond acceptors (Lipinski definition) is 3. The molecule has 2 aliphatic heterocycles. The standard InChI is InChI=1S/C20H24N2O2S/c1-21-13-10-16(11-14-21)18-8-5-9-20-19(18)12-15-22(20)25(23,24)17-6-3-2-4-7-17/h2-9,16H,10-15H2,1H3. The van der Waals surface area contributed by atoms with Crippen LogP contribution in [0, 0.1) is 0 Å². The van der Waals surface area contributed by atoms with E-state index in [9.17, 15) is 8.42 Å². The maximum atomic E-state index is 13.0. The molecule has 5 heteroatoms. The van der Waals surface area contributed by atoms with Gasteiger partial charge in [-0.1, -0.05) is 30.3 Å². The van der Waals surface area contributed by atoms with E-state index in [2.05, 4.69) is 18.0 Å². The molecule has 0 aliphatic carbocycles. The number of rotatable bonds is 3. The lowest BCUT2D eigenvalue weighted by Crippen LogP contribution is -2.29. The summed E-state index contributed by atoms with van der Waals surface area (Å²) < 4.78 is 27.7. The molecule has 0 spiro atoms. The summed E-state index contributed by atoms with van der Waals surface area (Å²) in [6, 6.07) is 14.9. The molecule has 1 fully saturated rings. The largest absolute Gasteiger partial charge is 0.306 e. The highest BCUT2D eigenvalue weighted by Crippen LogP contribution is 2.39. The van der Waals surface area contributed by atoms with Crippen molar-refractivity contribution in [3.63, 3.8) is 0 Å². The van der Waals surface area contributed by atoms with Crippen molar-refractivity contribution in [2.45, 2.75) is 30.1 Å². The van der Waals surface area contributed by atoms with Crippen molar-refractivity contribution in [1.29, 1.82) is 0 Å². The van der Waals surface area contributed by atoms with Crippen LogP contribution in [0.2, 0.25) is 0 Å². The van der Waals surface area contributed by atoms with Crippen LogP contribution in [0.4, 0.5) is 5.69 Å². The van der Waals surface area contributed by atoms with Gasteiger partial charge in [-0.3, -0.25) is 4.31 Å². The zero-order chi connectivity index (χ0) is 17.4. The third kappa shape index (κ3) is 2.96. The van der Waals surface area contributed by atoms with E-state index in [4.69, 9.17) is 0 Å². The number of nitrogens with zero attached hydrogens (tertiary/aromatic N) is 2. The predicted molar refractivity (Wildman–Crippen MR) is 101 cm³/mol. The summed E-state index contributed by atoms with van der Waals surface area (Å²) in [5.74, 6) is 0.547. The molecule has 4 rings (SSSR count). The molecule has 0 bridgehead atoms. The van der Waals surface area contributed by atoms with Crippen LogP contribution in [-0.2, 0) is 16.4 Å². The SMILES string of the molecule is CN1CCC(c2cccc3c2CCN3S(=O)(=O)c2ccccc2)CC1. The number of likely N-dealkylation sites (tertiary alicyclic amines) is 1. The molecular formula is C20H24N2O2S. The van der Waals surface area contributed by atoms with Gasteiger partial charge in [0.05, 0.1) is 10.6 Å². The summed E-state index contributed by atoms with van der Waals surface area (Å²) in [7, 11) is -1.32. The number of benzene rings is 2. The van der Waals surface area contributed by atoms with Crippen LogP contribution in [0.1, 0.15) is 29.9 Å². The van der Waals surface area contributed by atoms with Crippen molar-refractivity contribution >= 4 is 15.7 Å². The Kier molecular flexibility index (Phi) is 4.29. The van der Waals surface area contributed by atoms with E-state index in [0.717, 1.165) is 38.0 Å². The molecule has 0 radical (unpaired) electrons. The summed E-state index contributed by atoms with van der Waals surface area (Å²) in [4.78, 5) is 2.73. The molecule has 0 atom stereocenters. The highest BCUT2D eigenvalue weighted by Gasteiger charge is 2.33. The number of piperidine rings is 1. The van der Waals surface area contributed by atoms with Gasteiger partial charge in [0.2, 0.25) is 0 Å². The summed E-state index contributed by atoms with van der Waals surface area (Å²) in [6.07, 6.45) is 3.11. The number of fused-ring (bicyclic) bond motifs is 1. The zero-order valence-electron chi connectivity index (χ0n) is 14.6. The lowest BCUT2D eigenvalue weighted by molar-refractivity contribution is 0.255. The third-order valence-corrected chi connectivity index (χ3v) is 7.34. The third-order valence-electron chi connectivity index (χ3n) is 5.51. The Balaban J connectivity index is 1.69. The second kappa shape index (κ2) is 6.46. The molecule has 0 amide bonds. The molecular weight excluding hydrogens is 332 g/mol. The van der Waals surface area contributed by atoms with Crippen LogP contribution in [0.15, 0.2) is 53.4 Å². The molecule has 0 aromatic heterocycles. The number of hydrogen-bond donors (Lipinski definition) is 0. The summed E-state index contributed by atoms with van der Waals surface area (Å²) >= 11 is 0. The zero-order valence-corrected chi connectivity index (χ0v) is 15.4. The van der Waals surface area contributed by atoms with Gasteiger partial charge in [-0.2, -0.15) is 0 Å². The van der Waals surface area contributed by atoms with Gasteiger partial charge >= 0.3 is 0 Å². The van der Waals surface area contributed by atoms with E-state index in [-0.39, 0.29) is 0 Å². The molecule has 4 nitrogen and oxygen atoms in total. The smallest absolute Gasteiger partial charge is 0.264 e. The molecule has 1 saturated heterocycles. The maximum Gasteiger partial charge on any atom is 0.264 e. The van der Waals surface area contributed by atoms with Gasteiger partial charge in [0.25, 0.3) is 10.0 Å². The van der Waals surface area contributed by atoms with Crippen molar-refractivity contribution in [2.24, 2.45) is 0 Å². The van der Waals surface area contributed by atoms with Crippen LogP contribution < -0.4 is 4.31 Å². The van der Waals surface area contributed by atoms with Crippen LogP contribution in [0.5, 0.6) is 0 Å². The Morgan fingerprint density at radius 1 is 0.920 bits per heavy atom. The Morgan fingerprint density at radius 3 is 2.36 bits per heavy atom. The first-order valence-corrected chi connectivity index (χ1v) is 10.4. The second-order valence-corrected chi connectivity index (χ2v) is 8.93. The van der Waals surface area contributed by atoms with Crippen molar-refractivity contribution in [1.82, 2.24) is 4.90 Å². The topological polar surface area (TPSA) is 40.6 Å². The first-order chi connectivity index (χ1) is 12.1. The van der Waals surface area contributed by atoms with Crippen molar-refractivity contribution in [3.8, 4) is 0 Å². The van der Waals surface area contributed by atoms with Crippen LogP contribution >= 0.6 is 0 Å². The summed E-state index contributed by atoms with van der Waals surface area (Å²) in [5.41, 5.74) is 3.47. The van der Waals surface area contributed by atoms with Gasteiger partial charge in [-0.25, -0.2) is 8.42 Å². The highest BCUT2D eigenvalue weighted by atomic mass is 32.2. The summed E-state index contributed by atoms with van der Waals surface area (Å²) in [6.45, 7) is 2.76. The van der Waals surface area contributed by atoms with Gasteiger partial charge < -0.3 is 4.90 Å². The Morgan fingerprint density at radius 2 is 1.64 bits per heavy atom. The van der Waals surface area contributed by atoms with E-state index in [1.165, 1.54) is 11.1 Å². The van der Waals surface area contributed by atoms with E-state index in [1.807, 2.05) is 18.2 Å². The highest BCUT2D eigenvalue weighted by molar-refractivity contribution is 7.92. The fourth-order valence-corrected chi connectivity index (χ4v) is 5.62. The second-order valence-electron chi connectivity index (χ2n) is 7.06. The van der Waals surface area contributed by atoms with Gasteiger partial charge in [0.1, 0.15) is 0 Å².